The van der Waals surface area contributed by atoms with E-state index in [-0.39, 0.29) is 12.1 Å². The average molecular weight is 336 g/mol. The Hall–Kier alpha value is -0.870. The smallest absolute Gasteiger partial charge is 0.317 e. The molecule has 128 valence electrons. The van der Waals surface area contributed by atoms with Crippen molar-refractivity contribution in [3.8, 4) is 0 Å². The van der Waals surface area contributed by atoms with Gasteiger partial charge < -0.3 is 9.64 Å². The lowest BCUT2D eigenvalue weighted by molar-refractivity contribution is -0.163. The fraction of sp³-hybridized carbons (Fsp3) is 0.737. The molecule has 1 aliphatic heterocycles. The van der Waals surface area contributed by atoms with Crippen LogP contribution in [0.25, 0.3) is 0 Å². The summed E-state index contributed by atoms with van der Waals surface area (Å²) >= 11 is 1.70. The second kappa shape index (κ2) is 6.94. The predicted octanol–water partition coefficient (Wildman–Crippen LogP) is 4.08. The van der Waals surface area contributed by atoms with Gasteiger partial charge in [-0.25, -0.2) is 0 Å². The lowest BCUT2D eigenvalue weighted by Crippen LogP contribution is -2.46. The Bertz CT molecular complexity index is 523. The Morgan fingerprint density at radius 1 is 1.35 bits per heavy atom. The lowest BCUT2D eigenvalue weighted by Gasteiger charge is -2.38. The fourth-order valence-corrected chi connectivity index (χ4v) is 5.27. The SMILES string of the molecule is CC1CN(C)CCC1OC(=O)C(C)(c1cccs1)C1CCCC1. The molecule has 2 aliphatic rings. The van der Waals surface area contributed by atoms with E-state index in [1.165, 1.54) is 17.7 Å². The van der Waals surface area contributed by atoms with Crippen LogP contribution < -0.4 is 0 Å². The van der Waals surface area contributed by atoms with E-state index in [0.29, 0.717) is 11.8 Å². The van der Waals surface area contributed by atoms with Gasteiger partial charge in [-0.05, 0) is 50.6 Å². The number of ether oxygens (including phenoxy) is 1. The van der Waals surface area contributed by atoms with E-state index in [0.717, 1.165) is 32.4 Å². The van der Waals surface area contributed by atoms with Gasteiger partial charge in [0.1, 0.15) is 11.5 Å². The van der Waals surface area contributed by atoms with Crippen molar-refractivity contribution in [2.24, 2.45) is 11.8 Å². The largest absolute Gasteiger partial charge is 0.461 e. The standard InChI is InChI=1S/C19H29NO2S/c1-14-13-20(3)11-10-16(14)22-18(21)19(2,15-7-4-5-8-15)17-9-6-12-23-17/h6,9,12,14-16H,4-5,7-8,10-11,13H2,1-3H3. The van der Waals surface area contributed by atoms with Gasteiger partial charge in [-0.1, -0.05) is 25.8 Å². The third-order valence-electron chi connectivity index (χ3n) is 5.92. The molecule has 3 atom stereocenters. The number of hydrogen-bond acceptors (Lipinski definition) is 4. The van der Waals surface area contributed by atoms with Crippen LogP contribution in [-0.4, -0.2) is 37.1 Å². The van der Waals surface area contributed by atoms with Gasteiger partial charge in [-0.2, -0.15) is 0 Å². The van der Waals surface area contributed by atoms with Crippen LogP contribution in [0.2, 0.25) is 0 Å². The number of esters is 1. The molecule has 1 saturated carbocycles. The predicted molar refractivity (Wildman–Crippen MR) is 94.8 cm³/mol. The second-order valence-electron chi connectivity index (χ2n) is 7.63. The summed E-state index contributed by atoms with van der Waals surface area (Å²) in [5, 5.41) is 2.08. The summed E-state index contributed by atoms with van der Waals surface area (Å²) in [5.74, 6) is 0.845. The molecule has 1 saturated heterocycles. The highest BCUT2D eigenvalue weighted by atomic mass is 32.1. The molecule has 1 aromatic heterocycles. The number of hydrogen-bond donors (Lipinski definition) is 0. The quantitative estimate of drug-likeness (QED) is 0.777. The molecule has 1 aromatic rings. The zero-order valence-corrected chi connectivity index (χ0v) is 15.4. The van der Waals surface area contributed by atoms with Gasteiger partial charge in [0.25, 0.3) is 0 Å². The van der Waals surface area contributed by atoms with E-state index in [1.54, 1.807) is 11.3 Å². The Labute approximate surface area is 144 Å². The van der Waals surface area contributed by atoms with Crippen molar-refractivity contribution in [1.82, 2.24) is 4.90 Å². The summed E-state index contributed by atoms with van der Waals surface area (Å²) in [6.07, 6.45) is 5.79. The monoisotopic (exact) mass is 335 g/mol. The van der Waals surface area contributed by atoms with Crippen LogP contribution in [0.15, 0.2) is 17.5 Å². The van der Waals surface area contributed by atoms with Gasteiger partial charge >= 0.3 is 5.97 Å². The number of thiophene rings is 1. The minimum absolute atomic E-state index is 0.00764. The van der Waals surface area contributed by atoms with Crippen LogP contribution in [0.4, 0.5) is 0 Å². The van der Waals surface area contributed by atoms with Gasteiger partial charge in [0.05, 0.1) is 0 Å². The van der Waals surface area contributed by atoms with Crippen molar-refractivity contribution < 1.29 is 9.53 Å². The van der Waals surface area contributed by atoms with Crippen LogP contribution in [-0.2, 0) is 14.9 Å². The molecule has 0 radical (unpaired) electrons. The summed E-state index contributed by atoms with van der Waals surface area (Å²) < 4.78 is 6.09. The number of carbonyl (C=O) groups excluding carboxylic acids is 1. The zero-order valence-electron chi connectivity index (χ0n) is 14.6. The topological polar surface area (TPSA) is 29.5 Å². The molecule has 0 N–H and O–H groups in total. The molecule has 3 rings (SSSR count). The van der Waals surface area contributed by atoms with Crippen LogP contribution in [0.3, 0.4) is 0 Å². The van der Waals surface area contributed by atoms with Crippen molar-refractivity contribution in [3.63, 3.8) is 0 Å². The molecular weight excluding hydrogens is 306 g/mol. The summed E-state index contributed by atoms with van der Waals surface area (Å²) in [6, 6.07) is 4.17. The first-order chi connectivity index (χ1) is 11.0. The molecule has 0 aromatic carbocycles. The molecule has 2 fully saturated rings. The molecule has 3 nitrogen and oxygen atoms in total. The highest BCUT2D eigenvalue weighted by Crippen LogP contribution is 2.45. The van der Waals surface area contributed by atoms with Gasteiger partial charge in [0.15, 0.2) is 0 Å². The zero-order chi connectivity index (χ0) is 16.4. The third-order valence-corrected chi connectivity index (χ3v) is 7.02. The van der Waals surface area contributed by atoms with E-state index in [9.17, 15) is 4.79 Å². The van der Waals surface area contributed by atoms with Gasteiger partial charge in [0, 0.05) is 23.9 Å². The number of carbonyl (C=O) groups is 1. The van der Waals surface area contributed by atoms with Crippen molar-refractivity contribution in [1.29, 1.82) is 0 Å². The highest BCUT2D eigenvalue weighted by molar-refractivity contribution is 7.10. The normalized spacial score (nSPS) is 29.3. The number of likely N-dealkylation sites (tertiary alicyclic amines) is 1. The maximum absolute atomic E-state index is 13.2. The van der Waals surface area contributed by atoms with E-state index in [4.69, 9.17) is 4.74 Å². The molecule has 4 heteroatoms. The first kappa shape index (κ1) is 17.0. The molecule has 1 aliphatic carbocycles. The van der Waals surface area contributed by atoms with Gasteiger partial charge in [0.2, 0.25) is 0 Å². The second-order valence-corrected chi connectivity index (χ2v) is 8.58. The third kappa shape index (κ3) is 3.34. The first-order valence-electron chi connectivity index (χ1n) is 8.95. The van der Waals surface area contributed by atoms with Crippen LogP contribution in [0.5, 0.6) is 0 Å². The summed E-state index contributed by atoms with van der Waals surface area (Å²) in [5.41, 5.74) is -0.465. The minimum atomic E-state index is -0.465. The van der Waals surface area contributed by atoms with Crippen LogP contribution in [0, 0.1) is 11.8 Å². The first-order valence-corrected chi connectivity index (χ1v) is 9.83. The van der Waals surface area contributed by atoms with E-state index < -0.39 is 5.41 Å². The Balaban J connectivity index is 1.78. The molecule has 0 bridgehead atoms. The van der Waals surface area contributed by atoms with E-state index in [1.807, 2.05) is 0 Å². The van der Waals surface area contributed by atoms with Gasteiger partial charge in [-0.15, -0.1) is 11.3 Å². The summed E-state index contributed by atoms with van der Waals surface area (Å²) in [4.78, 5) is 16.7. The molecule has 0 amide bonds. The van der Waals surface area contributed by atoms with Crippen molar-refractivity contribution >= 4 is 17.3 Å². The maximum atomic E-state index is 13.2. The van der Waals surface area contributed by atoms with E-state index >= 15 is 0 Å². The van der Waals surface area contributed by atoms with Crippen LogP contribution in [0.1, 0.15) is 50.8 Å². The summed E-state index contributed by atoms with van der Waals surface area (Å²) in [6.45, 7) is 6.35. The molecule has 23 heavy (non-hydrogen) atoms. The number of nitrogens with zero attached hydrogens (tertiary/aromatic N) is 1. The maximum Gasteiger partial charge on any atom is 0.317 e. The average Bonchev–Trinajstić information content (AvgIpc) is 3.22. The number of rotatable bonds is 4. The molecule has 3 unspecified atom stereocenters. The lowest BCUT2D eigenvalue weighted by atomic mass is 9.74. The highest BCUT2D eigenvalue weighted by Gasteiger charge is 2.47. The molecule has 0 spiro atoms. The Morgan fingerprint density at radius 3 is 2.70 bits per heavy atom. The van der Waals surface area contributed by atoms with Crippen molar-refractivity contribution in [2.75, 3.05) is 20.1 Å². The van der Waals surface area contributed by atoms with E-state index in [2.05, 4.69) is 43.3 Å². The fourth-order valence-electron chi connectivity index (χ4n) is 4.31. The van der Waals surface area contributed by atoms with Crippen molar-refractivity contribution in [3.05, 3.63) is 22.4 Å². The minimum Gasteiger partial charge on any atom is -0.461 e. The molecule has 2 heterocycles. The number of piperidine rings is 1. The van der Waals surface area contributed by atoms with Crippen molar-refractivity contribution in [2.45, 2.75) is 57.5 Å². The Morgan fingerprint density at radius 2 is 2.09 bits per heavy atom. The van der Waals surface area contributed by atoms with Crippen LogP contribution >= 0.6 is 11.3 Å². The molecular formula is C19H29NO2S. The summed E-state index contributed by atoms with van der Waals surface area (Å²) in [7, 11) is 2.14. The van der Waals surface area contributed by atoms with Gasteiger partial charge in [-0.3, -0.25) is 4.79 Å². The Kier molecular flexibility index (Phi) is 5.12.